The molecular formula is C15H26ClN5O2. The zero-order chi connectivity index (χ0) is 16.1. The lowest BCUT2D eigenvalue weighted by Gasteiger charge is -2.36. The van der Waals surface area contributed by atoms with Crippen molar-refractivity contribution in [2.24, 2.45) is 11.7 Å². The molecule has 0 saturated carbocycles. The zero-order valence-electron chi connectivity index (χ0n) is 13.9. The molecule has 1 aliphatic heterocycles. The van der Waals surface area contributed by atoms with Crippen LogP contribution in [-0.2, 0) is 4.79 Å². The van der Waals surface area contributed by atoms with Gasteiger partial charge in [-0.15, -0.1) is 12.4 Å². The number of hydrogen-bond donors (Lipinski definition) is 1. The Hall–Kier alpha value is -1.60. The van der Waals surface area contributed by atoms with Crippen LogP contribution in [0.15, 0.2) is 12.3 Å². The van der Waals surface area contributed by atoms with Gasteiger partial charge < -0.3 is 20.3 Å². The molecule has 0 bridgehead atoms. The van der Waals surface area contributed by atoms with Gasteiger partial charge in [-0.1, -0.05) is 20.3 Å². The number of carbonyl (C=O) groups excluding carboxylic acids is 1. The van der Waals surface area contributed by atoms with Crippen molar-refractivity contribution < 1.29 is 9.53 Å². The standard InChI is InChI=1S/C15H25N5O2.ClH/c1-4-11(2)13(16)14(21)19-7-9-20(10-8-19)15-17-6-5-12(18-15)22-3;/h5-6,11,13H,4,7-10,16H2,1-3H3;1H. The number of piperazine rings is 1. The summed E-state index contributed by atoms with van der Waals surface area (Å²) in [6, 6.07) is 1.30. The Labute approximate surface area is 143 Å². The lowest BCUT2D eigenvalue weighted by Crippen LogP contribution is -2.54. The summed E-state index contributed by atoms with van der Waals surface area (Å²) in [5, 5.41) is 0. The minimum Gasteiger partial charge on any atom is -0.481 e. The summed E-state index contributed by atoms with van der Waals surface area (Å²) >= 11 is 0. The van der Waals surface area contributed by atoms with Crippen LogP contribution in [-0.4, -0.2) is 60.1 Å². The maximum absolute atomic E-state index is 12.4. The van der Waals surface area contributed by atoms with Crippen LogP contribution in [0, 0.1) is 5.92 Å². The number of anilines is 1. The Morgan fingerprint density at radius 3 is 2.61 bits per heavy atom. The Morgan fingerprint density at radius 2 is 2.04 bits per heavy atom. The molecule has 2 N–H and O–H groups in total. The third-order valence-corrected chi connectivity index (χ3v) is 4.24. The first-order valence-corrected chi connectivity index (χ1v) is 7.73. The van der Waals surface area contributed by atoms with Gasteiger partial charge in [0.2, 0.25) is 17.7 Å². The van der Waals surface area contributed by atoms with Gasteiger partial charge in [0.1, 0.15) is 0 Å². The van der Waals surface area contributed by atoms with Gasteiger partial charge in [-0.05, 0) is 5.92 Å². The monoisotopic (exact) mass is 343 g/mol. The molecule has 1 saturated heterocycles. The van der Waals surface area contributed by atoms with Gasteiger partial charge in [0.15, 0.2) is 0 Å². The second-order valence-electron chi connectivity index (χ2n) is 5.62. The zero-order valence-corrected chi connectivity index (χ0v) is 14.8. The van der Waals surface area contributed by atoms with Gasteiger partial charge in [0.25, 0.3) is 0 Å². The topological polar surface area (TPSA) is 84.6 Å². The maximum Gasteiger partial charge on any atom is 0.239 e. The van der Waals surface area contributed by atoms with Crippen molar-refractivity contribution in [3.8, 4) is 5.88 Å². The minimum atomic E-state index is -0.412. The molecule has 0 spiro atoms. The van der Waals surface area contributed by atoms with Crippen LogP contribution in [0.2, 0.25) is 0 Å². The van der Waals surface area contributed by atoms with E-state index in [1.807, 2.05) is 11.8 Å². The van der Waals surface area contributed by atoms with Crippen LogP contribution >= 0.6 is 12.4 Å². The molecule has 23 heavy (non-hydrogen) atoms. The predicted octanol–water partition coefficient (Wildman–Crippen LogP) is 0.929. The van der Waals surface area contributed by atoms with Crippen LogP contribution in [0.4, 0.5) is 5.95 Å². The van der Waals surface area contributed by atoms with E-state index in [0.29, 0.717) is 38.0 Å². The molecule has 1 fully saturated rings. The molecule has 8 heteroatoms. The van der Waals surface area contributed by atoms with Gasteiger partial charge in [0.05, 0.1) is 13.2 Å². The number of amides is 1. The van der Waals surface area contributed by atoms with Crippen LogP contribution in [0.1, 0.15) is 20.3 Å². The van der Waals surface area contributed by atoms with Crippen LogP contribution < -0.4 is 15.4 Å². The van der Waals surface area contributed by atoms with Gasteiger partial charge in [-0.3, -0.25) is 4.79 Å². The van der Waals surface area contributed by atoms with Crippen molar-refractivity contribution in [3.05, 3.63) is 12.3 Å². The maximum atomic E-state index is 12.4. The summed E-state index contributed by atoms with van der Waals surface area (Å²) in [5.41, 5.74) is 6.04. The van der Waals surface area contributed by atoms with E-state index in [1.165, 1.54) is 0 Å². The van der Waals surface area contributed by atoms with Crippen molar-refractivity contribution in [2.45, 2.75) is 26.3 Å². The number of hydrogen-bond acceptors (Lipinski definition) is 6. The van der Waals surface area contributed by atoms with E-state index in [4.69, 9.17) is 10.5 Å². The van der Waals surface area contributed by atoms with Gasteiger partial charge in [0, 0.05) is 38.4 Å². The molecule has 2 atom stereocenters. The third kappa shape index (κ3) is 4.68. The van der Waals surface area contributed by atoms with Crippen LogP contribution in [0.25, 0.3) is 0 Å². The van der Waals surface area contributed by atoms with E-state index in [9.17, 15) is 4.79 Å². The first kappa shape index (κ1) is 19.4. The largest absolute Gasteiger partial charge is 0.481 e. The predicted molar refractivity (Wildman–Crippen MR) is 92.1 cm³/mol. The normalized spacial score (nSPS) is 17.2. The molecule has 0 radical (unpaired) electrons. The average Bonchev–Trinajstić information content (AvgIpc) is 2.59. The molecule has 1 aromatic heterocycles. The molecular weight excluding hydrogens is 318 g/mol. The smallest absolute Gasteiger partial charge is 0.239 e. The Bertz CT molecular complexity index is 508. The molecule has 1 aromatic rings. The lowest BCUT2D eigenvalue weighted by molar-refractivity contribution is -0.134. The number of aromatic nitrogens is 2. The lowest BCUT2D eigenvalue weighted by atomic mass is 9.98. The van der Waals surface area contributed by atoms with Crippen LogP contribution in [0.3, 0.4) is 0 Å². The van der Waals surface area contributed by atoms with Gasteiger partial charge in [-0.2, -0.15) is 4.98 Å². The molecule has 2 heterocycles. The van der Waals surface area contributed by atoms with Crippen molar-refractivity contribution in [3.63, 3.8) is 0 Å². The first-order chi connectivity index (χ1) is 10.6. The Morgan fingerprint density at radius 1 is 1.39 bits per heavy atom. The fraction of sp³-hybridized carbons (Fsp3) is 0.667. The molecule has 1 amide bonds. The summed E-state index contributed by atoms with van der Waals surface area (Å²) in [7, 11) is 1.58. The van der Waals surface area contributed by atoms with Gasteiger partial charge in [-0.25, -0.2) is 4.98 Å². The van der Waals surface area contributed by atoms with Crippen LogP contribution in [0.5, 0.6) is 5.88 Å². The minimum absolute atomic E-state index is 0. The molecule has 0 aliphatic carbocycles. The molecule has 1 aliphatic rings. The SMILES string of the molecule is CCC(C)C(N)C(=O)N1CCN(c2nccc(OC)n2)CC1.Cl. The second-order valence-corrected chi connectivity index (χ2v) is 5.62. The van der Waals surface area contributed by atoms with E-state index in [2.05, 4.69) is 21.8 Å². The highest BCUT2D eigenvalue weighted by molar-refractivity contribution is 5.85. The fourth-order valence-corrected chi connectivity index (χ4v) is 2.43. The third-order valence-electron chi connectivity index (χ3n) is 4.24. The van der Waals surface area contributed by atoms with E-state index >= 15 is 0 Å². The van der Waals surface area contributed by atoms with Crippen molar-refractivity contribution in [1.82, 2.24) is 14.9 Å². The summed E-state index contributed by atoms with van der Waals surface area (Å²) in [6.45, 7) is 6.75. The molecule has 130 valence electrons. The molecule has 2 rings (SSSR count). The summed E-state index contributed by atoms with van der Waals surface area (Å²) < 4.78 is 5.12. The number of carbonyl (C=O) groups is 1. The Kier molecular flexibility index (Phi) is 7.51. The number of nitrogens with two attached hydrogens (primary N) is 1. The average molecular weight is 344 g/mol. The summed E-state index contributed by atoms with van der Waals surface area (Å²) in [4.78, 5) is 24.9. The number of nitrogens with zero attached hydrogens (tertiary/aromatic N) is 4. The number of ether oxygens (including phenoxy) is 1. The highest BCUT2D eigenvalue weighted by atomic mass is 35.5. The molecule has 0 aromatic carbocycles. The first-order valence-electron chi connectivity index (χ1n) is 7.73. The summed E-state index contributed by atoms with van der Waals surface area (Å²) in [5.74, 6) is 1.42. The second kappa shape index (κ2) is 8.88. The van der Waals surface area contributed by atoms with E-state index in [1.54, 1.807) is 19.4 Å². The summed E-state index contributed by atoms with van der Waals surface area (Å²) in [6.07, 6.45) is 2.59. The van der Waals surface area contributed by atoms with E-state index in [0.717, 1.165) is 6.42 Å². The van der Waals surface area contributed by atoms with Crippen molar-refractivity contribution in [1.29, 1.82) is 0 Å². The van der Waals surface area contributed by atoms with Crippen molar-refractivity contribution >= 4 is 24.3 Å². The highest BCUT2D eigenvalue weighted by Crippen LogP contribution is 2.16. The number of methoxy groups -OCH3 is 1. The highest BCUT2D eigenvalue weighted by Gasteiger charge is 2.28. The fourth-order valence-electron chi connectivity index (χ4n) is 2.43. The van der Waals surface area contributed by atoms with E-state index in [-0.39, 0.29) is 24.2 Å². The van der Waals surface area contributed by atoms with Crippen molar-refractivity contribution in [2.75, 3.05) is 38.2 Å². The molecule has 7 nitrogen and oxygen atoms in total. The van der Waals surface area contributed by atoms with E-state index < -0.39 is 6.04 Å². The van der Waals surface area contributed by atoms with Gasteiger partial charge >= 0.3 is 0 Å². The number of halogens is 1. The quantitative estimate of drug-likeness (QED) is 0.856. The number of rotatable bonds is 5. The molecule has 2 unspecified atom stereocenters. The Balaban J connectivity index is 0.00000264.